The molecule has 3 rings (SSSR count). The minimum Gasteiger partial charge on any atom is -0.368 e. The molecule has 4 nitrogen and oxygen atoms in total. The second-order valence-electron chi connectivity index (χ2n) is 5.18. The van der Waals surface area contributed by atoms with Crippen molar-refractivity contribution in [2.45, 2.75) is 37.8 Å². The summed E-state index contributed by atoms with van der Waals surface area (Å²) in [5.74, 6) is 0.918. The van der Waals surface area contributed by atoms with Gasteiger partial charge in [0.2, 0.25) is 0 Å². The number of carbonyl (C=O) groups excluding carboxylic acids is 1. The first-order chi connectivity index (χ1) is 7.84. The second kappa shape index (κ2) is 5.55. The summed E-state index contributed by atoms with van der Waals surface area (Å²) >= 11 is 0. The maximum absolute atomic E-state index is 12.2. The number of amides is 1. The van der Waals surface area contributed by atoms with Crippen LogP contribution in [0.2, 0.25) is 0 Å². The van der Waals surface area contributed by atoms with Crippen LogP contribution < -0.4 is 5.32 Å². The molecule has 2 unspecified atom stereocenters. The maximum Gasteiger partial charge on any atom is 0.251 e. The number of carbonyl (C=O) groups is 1. The predicted octanol–water partition coefficient (Wildman–Crippen LogP) is 0.798. The molecule has 3 aliphatic rings. The van der Waals surface area contributed by atoms with Gasteiger partial charge >= 0.3 is 0 Å². The SMILES string of the molecule is Cl.O=C([C@@H]1CCCO1)N1CCC2NCCC2C1. The highest BCUT2D eigenvalue weighted by atomic mass is 35.5. The Morgan fingerprint density at radius 2 is 2.18 bits per heavy atom. The van der Waals surface area contributed by atoms with Gasteiger partial charge in [-0.15, -0.1) is 12.4 Å². The fraction of sp³-hybridized carbons (Fsp3) is 0.917. The summed E-state index contributed by atoms with van der Waals surface area (Å²) < 4.78 is 5.47. The first kappa shape index (κ1) is 13.1. The van der Waals surface area contributed by atoms with E-state index in [2.05, 4.69) is 5.32 Å². The van der Waals surface area contributed by atoms with Crippen LogP contribution >= 0.6 is 12.4 Å². The number of likely N-dealkylation sites (tertiary alicyclic amines) is 1. The molecule has 3 aliphatic heterocycles. The van der Waals surface area contributed by atoms with Gasteiger partial charge in [0, 0.05) is 25.7 Å². The number of nitrogens with one attached hydrogen (secondary N) is 1. The largest absolute Gasteiger partial charge is 0.368 e. The molecular formula is C12H21ClN2O2. The molecule has 0 saturated carbocycles. The first-order valence-corrected chi connectivity index (χ1v) is 6.48. The Morgan fingerprint density at radius 1 is 1.29 bits per heavy atom. The van der Waals surface area contributed by atoms with E-state index < -0.39 is 0 Å². The Morgan fingerprint density at radius 3 is 2.94 bits per heavy atom. The molecular weight excluding hydrogens is 240 g/mol. The van der Waals surface area contributed by atoms with Gasteiger partial charge in [-0.1, -0.05) is 0 Å². The third kappa shape index (κ3) is 2.59. The molecule has 0 aromatic carbocycles. The van der Waals surface area contributed by atoms with Crippen LogP contribution in [0.4, 0.5) is 0 Å². The van der Waals surface area contributed by atoms with Crippen LogP contribution in [0.15, 0.2) is 0 Å². The van der Waals surface area contributed by atoms with Gasteiger partial charge in [-0.2, -0.15) is 0 Å². The van der Waals surface area contributed by atoms with E-state index in [1.807, 2.05) is 4.90 Å². The van der Waals surface area contributed by atoms with Crippen molar-refractivity contribution in [1.82, 2.24) is 10.2 Å². The van der Waals surface area contributed by atoms with Crippen LogP contribution in [0.3, 0.4) is 0 Å². The Labute approximate surface area is 108 Å². The highest BCUT2D eigenvalue weighted by molar-refractivity contribution is 5.85. The fourth-order valence-electron chi connectivity index (χ4n) is 3.22. The lowest BCUT2D eigenvalue weighted by Crippen LogP contribution is -2.49. The average molecular weight is 261 g/mol. The molecule has 5 heteroatoms. The topological polar surface area (TPSA) is 41.6 Å². The van der Waals surface area contributed by atoms with Gasteiger partial charge < -0.3 is 15.0 Å². The first-order valence-electron chi connectivity index (χ1n) is 6.48. The van der Waals surface area contributed by atoms with Crippen LogP contribution in [0.5, 0.6) is 0 Å². The van der Waals surface area contributed by atoms with Crippen LogP contribution in [0.25, 0.3) is 0 Å². The van der Waals surface area contributed by atoms with Crippen molar-refractivity contribution in [2.24, 2.45) is 5.92 Å². The lowest BCUT2D eigenvalue weighted by molar-refractivity contribution is -0.142. The summed E-state index contributed by atoms with van der Waals surface area (Å²) in [6, 6.07) is 0.661. The van der Waals surface area contributed by atoms with E-state index in [9.17, 15) is 4.79 Å². The van der Waals surface area contributed by atoms with E-state index in [-0.39, 0.29) is 24.4 Å². The Hall–Kier alpha value is -0.320. The standard InChI is InChI=1S/C12H20N2O2.ClH/c15-12(11-2-1-7-16-11)14-6-4-10-9(8-14)3-5-13-10;/h9-11,13H,1-8H2;1H/t9?,10?,11-;/m0./s1. The zero-order valence-corrected chi connectivity index (χ0v) is 10.9. The summed E-state index contributed by atoms with van der Waals surface area (Å²) in [5.41, 5.74) is 0. The minimum absolute atomic E-state index is 0. The predicted molar refractivity (Wildman–Crippen MR) is 67.3 cm³/mol. The zero-order valence-electron chi connectivity index (χ0n) is 10.1. The van der Waals surface area contributed by atoms with Crippen molar-refractivity contribution in [2.75, 3.05) is 26.2 Å². The lowest BCUT2D eigenvalue weighted by atomic mass is 9.93. The molecule has 98 valence electrons. The second-order valence-corrected chi connectivity index (χ2v) is 5.18. The Kier molecular flexibility index (Phi) is 4.28. The summed E-state index contributed by atoms with van der Waals surface area (Å²) in [6.07, 6.45) is 4.16. The van der Waals surface area contributed by atoms with Gasteiger partial charge in [-0.25, -0.2) is 0 Å². The molecule has 3 fully saturated rings. The molecule has 0 radical (unpaired) electrons. The van der Waals surface area contributed by atoms with Gasteiger partial charge in [0.25, 0.3) is 5.91 Å². The number of hydrogen-bond donors (Lipinski definition) is 1. The highest BCUT2D eigenvalue weighted by Gasteiger charge is 2.37. The van der Waals surface area contributed by atoms with E-state index in [1.54, 1.807) is 0 Å². The summed E-state index contributed by atoms with van der Waals surface area (Å²) in [7, 11) is 0. The number of nitrogens with zero attached hydrogens (tertiary/aromatic N) is 1. The molecule has 3 atom stereocenters. The third-order valence-corrected chi connectivity index (χ3v) is 4.17. The Bertz CT molecular complexity index is 282. The van der Waals surface area contributed by atoms with Crippen LogP contribution in [0, 0.1) is 5.92 Å². The highest BCUT2D eigenvalue weighted by Crippen LogP contribution is 2.26. The average Bonchev–Trinajstić information content (AvgIpc) is 2.98. The maximum atomic E-state index is 12.2. The van der Waals surface area contributed by atoms with Crippen molar-refractivity contribution < 1.29 is 9.53 Å². The monoisotopic (exact) mass is 260 g/mol. The lowest BCUT2D eigenvalue weighted by Gasteiger charge is -2.35. The van der Waals surface area contributed by atoms with Crippen molar-refractivity contribution in [3.05, 3.63) is 0 Å². The number of rotatable bonds is 1. The van der Waals surface area contributed by atoms with Gasteiger partial charge in [0.1, 0.15) is 6.10 Å². The molecule has 17 heavy (non-hydrogen) atoms. The fourth-order valence-corrected chi connectivity index (χ4v) is 3.22. The molecule has 0 aromatic rings. The van der Waals surface area contributed by atoms with E-state index in [1.165, 1.54) is 6.42 Å². The molecule has 1 amide bonds. The summed E-state index contributed by atoms with van der Waals surface area (Å²) in [5, 5.41) is 3.52. The van der Waals surface area contributed by atoms with Gasteiger partial charge in [-0.05, 0) is 38.1 Å². The van der Waals surface area contributed by atoms with E-state index in [0.29, 0.717) is 12.0 Å². The normalized spacial score (nSPS) is 36.5. The smallest absolute Gasteiger partial charge is 0.251 e. The van der Waals surface area contributed by atoms with E-state index in [0.717, 1.165) is 45.5 Å². The van der Waals surface area contributed by atoms with Gasteiger partial charge in [0.15, 0.2) is 0 Å². The van der Waals surface area contributed by atoms with E-state index >= 15 is 0 Å². The molecule has 0 bridgehead atoms. The molecule has 3 heterocycles. The van der Waals surface area contributed by atoms with Crippen LogP contribution in [-0.2, 0) is 9.53 Å². The van der Waals surface area contributed by atoms with Gasteiger partial charge in [0.05, 0.1) is 0 Å². The third-order valence-electron chi connectivity index (χ3n) is 4.17. The summed E-state index contributed by atoms with van der Waals surface area (Å²) in [4.78, 5) is 14.2. The van der Waals surface area contributed by atoms with E-state index in [4.69, 9.17) is 4.74 Å². The molecule has 0 aromatic heterocycles. The zero-order chi connectivity index (χ0) is 11.0. The number of hydrogen-bond acceptors (Lipinski definition) is 3. The van der Waals surface area contributed by atoms with Crippen LogP contribution in [-0.4, -0.2) is 49.2 Å². The minimum atomic E-state index is -0.133. The number of piperidine rings is 1. The molecule has 3 saturated heterocycles. The number of ether oxygens (including phenoxy) is 1. The van der Waals surface area contributed by atoms with Gasteiger partial charge in [-0.3, -0.25) is 4.79 Å². The quantitative estimate of drug-likeness (QED) is 0.758. The van der Waals surface area contributed by atoms with Crippen LogP contribution in [0.1, 0.15) is 25.7 Å². The number of halogens is 1. The number of fused-ring (bicyclic) bond motifs is 1. The molecule has 0 spiro atoms. The molecule has 1 N–H and O–H groups in total. The van der Waals surface area contributed by atoms with Crippen molar-refractivity contribution in [3.8, 4) is 0 Å². The van der Waals surface area contributed by atoms with Crippen molar-refractivity contribution in [1.29, 1.82) is 0 Å². The summed E-state index contributed by atoms with van der Waals surface area (Å²) in [6.45, 7) is 3.73. The van der Waals surface area contributed by atoms with Crippen molar-refractivity contribution in [3.63, 3.8) is 0 Å². The Balaban J connectivity index is 0.00000108. The van der Waals surface area contributed by atoms with Crippen molar-refractivity contribution >= 4 is 18.3 Å². The molecule has 0 aliphatic carbocycles.